The molecule has 3 rings (SSSR count). The highest BCUT2D eigenvalue weighted by Gasteiger charge is 2.10. The van der Waals surface area contributed by atoms with Gasteiger partial charge in [-0.15, -0.1) is 11.3 Å². The molecule has 1 aromatic heterocycles. The van der Waals surface area contributed by atoms with Gasteiger partial charge in [-0.05, 0) is 46.8 Å². The van der Waals surface area contributed by atoms with Crippen LogP contribution in [0, 0.1) is 11.6 Å². The first-order valence-corrected chi connectivity index (χ1v) is 6.71. The average molecular weight is 272 g/mol. The third-order valence-electron chi connectivity index (χ3n) is 2.89. The largest absolute Gasteiger partial charge is 0.207 e. The highest BCUT2D eigenvalue weighted by Crippen LogP contribution is 2.37. The van der Waals surface area contributed by atoms with Gasteiger partial charge < -0.3 is 0 Å². The van der Waals surface area contributed by atoms with Gasteiger partial charge in [-0.2, -0.15) is 0 Å². The molecular formula is C16H10F2S. The summed E-state index contributed by atoms with van der Waals surface area (Å²) in [7, 11) is 0. The molecule has 94 valence electrons. The Balaban J connectivity index is 2.13. The van der Waals surface area contributed by atoms with Crippen LogP contribution in [0.5, 0.6) is 0 Å². The maximum atomic E-state index is 13.3. The number of hydrogen-bond donors (Lipinski definition) is 0. The molecule has 2 aromatic carbocycles. The van der Waals surface area contributed by atoms with Crippen LogP contribution in [0.15, 0.2) is 60.0 Å². The van der Waals surface area contributed by atoms with Crippen LogP contribution in [0.2, 0.25) is 0 Å². The van der Waals surface area contributed by atoms with Gasteiger partial charge in [0.2, 0.25) is 0 Å². The number of hydrogen-bond acceptors (Lipinski definition) is 1. The zero-order valence-electron chi connectivity index (χ0n) is 9.94. The first-order valence-electron chi connectivity index (χ1n) is 5.83. The smallest absolute Gasteiger partial charge is 0.123 e. The fourth-order valence-corrected chi connectivity index (χ4v) is 2.96. The lowest BCUT2D eigenvalue weighted by molar-refractivity contribution is 0.628. The molecule has 19 heavy (non-hydrogen) atoms. The Morgan fingerprint density at radius 3 is 2.05 bits per heavy atom. The van der Waals surface area contributed by atoms with Crippen molar-refractivity contribution in [1.82, 2.24) is 0 Å². The molecule has 0 aliphatic rings. The second kappa shape index (κ2) is 4.94. The van der Waals surface area contributed by atoms with Crippen LogP contribution < -0.4 is 0 Å². The molecule has 0 saturated heterocycles. The van der Waals surface area contributed by atoms with Gasteiger partial charge in [0, 0.05) is 10.4 Å². The Kier molecular flexibility index (Phi) is 3.13. The molecule has 0 aliphatic carbocycles. The van der Waals surface area contributed by atoms with E-state index in [-0.39, 0.29) is 11.6 Å². The minimum absolute atomic E-state index is 0.268. The van der Waals surface area contributed by atoms with Crippen LogP contribution in [0.3, 0.4) is 0 Å². The zero-order valence-corrected chi connectivity index (χ0v) is 10.8. The van der Waals surface area contributed by atoms with E-state index in [1.165, 1.54) is 35.6 Å². The van der Waals surface area contributed by atoms with Crippen LogP contribution in [-0.2, 0) is 0 Å². The molecule has 0 spiro atoms. The van der Waals surface area contributed by atoms with Crippen molar-refractivity contribution in [1.29, 1.82) is 0 Å². The summed E-state index contributed by atoms with van der Waals surface area (Å²) in [6.45, 7) is 0. The van der Waals surface area contributed by atoms with Gasteiger partial charge in [-0.25, -0.2) is 8.78 Å². The van der Waals surface area contributed by atoms with Gasteiger partial charge in [0.25, 0.3) is 0 Å². The van der Waals surface area contributed by atoms with Crippen LogP contribution in [0.4, 0.5) is 8.78 Å². The number of rotatable bonds is 2. The molecule has 3 heteroatoms. The molecular weight excluding hydrogens is 262 g/mol. The van der Waals surface area contributed by atoms with Gasteiger partial charge in [-0.3, -0.25) is 0 Å². The zero-order chi connectivity index (χ0) is 13.2. The fraction of sp³-hybridized carbons (Fsp3) is 0. The Bertz CT molecular complexity index is 656. The molecule has 0 unspecified atom stereocenters. The van der Waals surface area contributed by atoms with Crippen molar-refractivity contribution in [3.63, 3.8) is 0 Å². The number of benzene rings is 2. The van der Waals surface area contributed by atoms with Gasteiger partial charge in [0.1, 0.15) is 11.6 Å². The minimum Gasteiger partial charge on any atom is -0.207 e. The third kappa shape index (κ3) is 2.42. The summed E-state index contributed by atoms with van der Waals surface area (Å²) >= 11 is 1.52. The molecule has 0 N–H and O–H groups in total. The second-order valence-electron chi connectivity index (χ2n) is 4.18. The van der Waals surface area contributed by atoms with Gasteiger partial charge in [-0.1, -0.05) is 24.3 Å². The molecule has 0 saturated carbocycles. The lowest BCUT2D eigenvalue weighted by Gasteiger charge is -2.05. The van der Waals surface area contributed by atoms with Gasteiger partial charge >= 0.3 is 0 Å². The van der Waals surface area contributed by atoms with E-state index in [0.717, 1.165) is 21.6 Å². The lowest BCUT2D eigenvalue weighted by Crippen LogP contribution is -1.82. The molecule has 1 heterocycles. The maximum Gasteiger partial charge on any atom is 0.123 e. The molecule has 0 radical (unpaired) electrons. The highest BCUT2D eigenvalue weighted by molar-refractivity contribution is 7.14. The van der Waals surface area contributed by atoms with E-state index in [1.807, 2.05) is 23.6 Å². The SMILES string of the molecule is Fc1cccc(-c2ccsc2-c2cccc(F)c2)c1. The van der Waals surface area contributed by atoms with Gasteiger partial charge in [0.15, 0.2) is 0 Å². The normalized spacial score (nSPS) is 10.6. The molecule has 0 aliphatic heterocycles. The standard InChI is InChI=1S/C16H10F2S/c17-13-5-1-3-11(9-13)15-7-8-19-16(15)12-4-2-6-14(18)10-12/h1-10H. The number of thiophene rings is 1. The van der Waals surface area contributed by atoms with Crippen molar-refractivity contribution in [2.75, 3.05) is 0 Å². The first-order chi connectivity index (χ1) is 9.24. The van der Waals surface area contributed by atoms with Crippen LogP contribution in [-0.4, -0.2) is 0 Å². The first kappa shape index (κ1) is 12.1. The summed E-state index contributed by atoms with van der Waals surface area (Å²) in [4.78, 5) is 0.949. The topological polar surface area (TPSA) is 0 Å². The van der Waals surface area contributed by atoms with E-state index < -0.39 is 0 Å². The van der Waals surface area contributed by atoms with E-state index >= 15 is 0 Å². The number of halogens is 2. The molecule has 0 amide bonds. The summed E-state index contributed by atoms with van der Waals surface area (Å²) < 4.78 is 26.6. The fourth-order valence-electron chi connectivity index (χ4n) is 2.05. The average Bonchev–Trinajstić information content (AvgIpc) is 2.88. The third-order valence-corrected chi connectivity index (χ3v) is 3.85. The molecule has 3 aromatic rings. The van der Waals surface area contributed by atoms with E-state index in [1.54, 1.807) is 12.1 Å². The predicted octanol–water partition coefficient (Wildman–Crippen LogP) is 5.36. The molecule has 0 nitrogen and oxygen atoms in total. The molecule has 0 atom stereocenters. The summed E-state index contributed by atoms with van der Waals surface area (Å²) in [6, 6.07) is 14.8. The van der Waals surface area contributed by atoms with Crippen molar-refractivity contribution in [3.05, 3.63) is 71.6 Å². The monoisotopic (exact) mass is 272 g/mol. The Labute approximate surface area is 114 Å². The summed E-state index contributed by atoms with van der Waals surface area (Å²) in [6.07, 6.45) is 0. The Hall–Kier alpha value is -2.00. The summed E-state index contributed by atoms with van der Waals surface area (Å²) in [5, 5.41) is 1.93. The summed E-state index contributed by atoms with van der Waals surface area (Å²) in [5.41, 5.74) is 2.55. The van der Waals surface area contributed by atoms with E-state index in [2.05, 4.69) is 0 Å². The second-order valence-corrected chi connectivity index (χ2v) is 5.10. The van der Waals surface area contributed by atoms with Crippen molar-refractivity contribution in [2.24, 2.45) is 0 Å². The van der Waals surface area contributed by atoms with Crippen molar-refractivity contribution in [3.8, 4) is 21.6 Å². The van der Waals surface area contributed by atoms with Crippen molar-refractivity contribution >= 4 is 11.3 Å². The highest BCUT2D eigenvalue weighted by atomic mass is 32.1. The van der Waals surface area contributed by atoms with Crippen molar-refractivity contribution in [2.45, 2.75) is 0 Å². The Morgan fingerprint density at radius 2 is 1.37 bits per heavy atom. The molecule has 0 fully saturated rings. The van der Waals surface area contributed by atoms with Crippen LogP contribution in [0.25, 0.3) is 21.6 Å². The minimum atomic E-state index is -0.270. The van der Waals surface area contributed by atoms with E-state index in [0.29, 0.717) is 0 Å². The lowest BCUT2D eigenvalue weighted by atomic mass is 10.0. The van der Waals surface area contributed by atoms with Crippen LogP contribution >= 0.6 is 11.3 Å². The van der Waals surface area contributed by atoms with E-state index in [9.17, 15) is 8.78 Å². The van der Waals surface area contributed by atoms with Crippen LogP contribution in [0.1, 0.15) is 0 Å². The quantitative estimate of drug-likeness (QED) is 0.589. The predicted molar refractivity (Wildman–Crippen MR) is 75.1 cm³/mol. The van der Waals surface area contributed by atoms with Gasteiger partial charge in [0.05, 0.1) is 0 Å². The maximum absolute atomic E-state index is 13.3. The summed E-state index contributed by atoms with van der Waals surface area (Å²) in [5.74, 6) is -0.537. The van der Waals surface area contributed by atoms with Crippen molar-refractivity contribution < 1.29 is 8.78 Å². The molecule has 0 bridgehead atoms. The van der Waals surface area contributed by atoms with E-state index in [4.69, 9.17) is 0 Å². The Morgan fingerprint density at radius 1 is 0.737 bits per heavy atom.